The Morgan fingerprint density at radius 3 is 2.22 bits per heavy atom. The van der Waals surface area contributed by atoms with Crippen molar-refractivity contribution < 1.29 is 18.0 Å². The third-order valence-electron chi connectivity index (χ3n) is 3.06. The number of halogens is 1. The molecule has 0 fully saturated rings. The summed E-state index contributed by atoms with van der Waals surface area (Å²) in [5.41, 5.74) is 1.23. The van der Waals surface area contributed by atoms with Gasteiger partial charge in [-0.05, 0) is 46.9 Å². The summed E-state index contributed by atoms with van der Waals surface area (Å²) < 4.78 is 22.9. The first-order chi connectivity index (χ1) is 10.8. The maximum Gasteiger partial charge on any atom is 0.232 e. The number of hydrogen-bond donors (Lipinski definition) is 1. The van der Waals surface area contributed by atoms with E-state index in [0.29, 0.717) is 16.1 Å². The maximum atomic E-state index is 11.2. The van der Waals surface area contributed by atoms with Crippen LogP contribution in [0.4, 0.5) is 5.69 Å². The molecule has 2 aromatic rings. The Labute approximate surface area is 148 Å². The van der Waals surface area contributed by atoms with Crippen LogP contribution in [0.2, 0.25) is 0 Å². The molecule has 1 aliphatic heterocycles. The standard InChI is InChI=1S/C9H7NO2.C7H7IO2S/c11-8-5-9(12)10-7-4-2-1-3-6(7)8;1-11(9,10)7-5-3-2-4-6(7)8/h1-4H,5H2,(H,10,12);2-5H,1H3. The predicted octanol–water partition coefficient (Wildman–Crippen LogP) is 2.91. The van der Waals surface area contributed by atoms with Gasteiger partial charge in [0, 0.05) is 15.4 Å². The summed E-state index contributed by atoms with van der Waals surface area (Å²) in [6, 6.07) is 13.9. The van der Waals surface area contributed by atoms with E-state index in [2.05, 4.69) is 5.32 Å². The molecule has 1 N–H and O–H groups in total. The Morgan fingerprint density at radius 2 is 1.61 bits per heavy atom. The second-order valence-corrected chi connectivity index (χ2v) is 8.04. The average molecular weight is 443 g/mol. The van der Waals surface area contributed by atoms with Crippen LogP contribution in [-0.4, -0.2) is 26.4 Å². The second-order valence-electron chi connectivity index (χ2n) is 4.90. The molecule has 0 atom stereocenters. The molecule has 23 heavy (non-hydrogen) atoms. The number of para-hydroxylation sites is 1. The number of fused-ring (bicyclic) bond motifs is 1. The maximum absolute atomic E-state index is 11.2. The normalized spacial score (nSPS) is 13.5. The number of amides is 1. The summed E-state index contributed by atoms with van der Waals surface area (Å²) in [5.74, 6) is -0.326. The molecule has 3 rings (SSSR count). The molecular weight excluding hydrogens is 429 g/mol. The molecule has 0 bridgehead atoms. The lowest BCUT2D eigenvalue weighted by Gasteiger charge is -2.14. The molecule has 0 radical (unpaired) electrons. The molecule has 5 nitrogen and oxygen atoms in total. The fourth-order valence-electron chi connectivity index (χ4n) is 2.02. The third-order valence-corrected chi connectivity index (χ3v) is 5.52. The first kappa shape index (κ1) is 17.6. The van der Waals surface area contributed by atoms with Gasteiger partial charge in [0.25, 0.3) is 0 Å². The lowest BCUT2D eigenvalue weighted by Crippen LogP contribution is -2.23. The Hall–Kier alpha value is -1.74. The van der Waals surface area contributed by atoms with Crippen LogP contribution in [0.15, 0.2) is 53.4 Å². The van der Waals surface area contributed by atoms with E-state index in [4.69, 9.17) is 0 Å². The molecule has 0 unspecified atom stereocenters. The molecule has 120 valence electrons. The lowest BCUT2D eigenvalue weighted by atomic mass is 10.0. The minimum atomic E-state index is -3.04. The summed E-state index contributed by atoms with van der Waals surface area (Å²) in [4.78, 5) is 22.5. The fraction of sp³-hybridized carbons (Fsp3) is 0.125. The number of sulfone groups is 1. The summed E-state index contributed by atoms with van der Waals surface area (Å²) in [6.45, 7) is 0. The molecule has 0 saturated carbocycles. The molecule has 7 heteroatoms. The summed E-state index contributed by atoms with van der Waals surface area (Å²) >= 11 is 2.01. The van der Waals surface area contributed by atoms with E-state index >= 15 is 0 Å². The van der Waals surface area contributed by atoms with Crippen molar-refractivity contribution in [3.63, 3.8) is 0 Å². The monoisotopic (exact) mass is 443 g/mol. The number of benzene rings is 2. The highest BCUT2D eigenvalue weighted by Crippen LogP contribution is 2.21. The van der Waals surface area contributed by atoms with Gasteiger partial charge < -0.3 is 5.32 Å². The zero-order chi connectivity index (χ0) is 17.0. The van der Waals surface area contributed by atoms with Crippen molar-refractivity contribution in [2.75, 3.05) is 11.6 Å². The van der Waals surface area contributed by atoms with Crippen molar-refractivity contribution in [3.8, 4) is 0 Å². The highest BCUT2D eigenvalue weighted by atomic mass is 127. The number of hydrogen-bond acceptors (Lipinski definition) is 4. The number of rotatable bonds is 1. The van der Waals surface area contributed by atoms with Crippen LogP contribution in [0.25, 0.3) is 0 Å². The molecule has 0 saturated heterocycles. The van der Waals surface area contributed by atoms with E-state index < -0.39 is 9.84 Å². The first-order valence-electron chi connectivity index (χ1n) is 6.65. The van der Waals surface area contributed by atoms with Crippen molar-refractivity contribution in [1.29, 1.82) is 0 Å². The molecule has 2 aromatic carbocycles. The molecule has 0 aromatic heterocycles. The van der Waals surface area contributed by atoms with Gasteiger partial charge in [0.15, 0.2) is 15.6 Å². The smallest absolute Gasteiger partial charge is 0.232 e. The summed E-state index contributed by atoms with van der Waals surface area (Å²) in [6.07, 6.45) is 1.18. The van der Waals surface area contributed by atoms with Crippen LogP contribution in [0.1, 0.15) is 16.8 Å². The molecular formula is C16H14INO4S. The SMILES string of the molecule is CS(=O)(=O)c1ccccc1I.O=C1CC(=O)c2ccccc2N1. The zero-order valence-corrected chi connectivity index (χ0v) is 15.2. The van der Waals surface area contributed by atoms with E-state index in [9.17, 15) is 18.0 Å². The topological polar surface area (TPSA) is 80.3 Å². The lowest BCUT2D eigenvalue weighted by molar-refractivity contribution is -0.115. The molecule has 1 heterocycles. The number of nitrogens with one attached hydrogen (secondary N) is 1. The van der Waals surface area contributed by atoms with Crippen molar-refractivity contribution >= 4 is 49.8 Å². The fourth-order valence-corrected chi connectivity index (χ4v) is 4.35. The van der Waals surface area contributed by atoms with E-state index in [1.165, 1.54) is 6.26 Å². The Bertz CT molecular complexity index is 862. The van der Waals surface area contributed by atoms with Gasteiger partial charge in [-0.1, -0.05) is 24.3 Å². The molecule has 1 aliphatic rings. The Kier molecular flexibility index (Phi) is 5.53. The number of carbonyl (C=O) groups excluding carboxylic acids is 2. The van der Waals surface area contributed by atoms with E-state index in [1.807, 2.05) is 28.7 Å². The van der Waals surface area contributed by atoms with Crippen molar-refractivity contribution in [2.24, 2.45) is 0 Å². The number of anilines is 1. The van der Waals surface area contributed by atoms with E-state index in [-0.39, 0.29) is 18.1 Å². The average Bonchev–Trinajstić information content (AvgIpc) is 2.47. The van der Waals surface area contributed by atoms with Crippen LogP contribution in [0, 0.1) is 3.57 Å². The van der Waals surface area contributed by atoms with Crippen LogP contribution >= 0.6 is 22.6 Å². The highest BCUT2D eigenvalue weighted by molar-refractivity contribution is 14.1. The molecule has 1 amide bonds. The second kappa shape index (κ2) is 7.22. The summed E-state index contributed by atoms with van der Waals surface area (Å²) in [7, 11) is -3.04. The quantitative estimate of drug-likeness (QED) is 0.543. The Morgan fingerprint density at radius 1 is 1.00 bits per heavy atom. The van der Waals surface area contributed by atoms with Crippen molar-refractivity contribution in [1.82, 2.24) is 0 Å². The van der Waals surface area contributed by atoms with Crippen LogP contribution in [0.5, 0.6) is 0 Å². The van der Waals surface area contributed by atoms with Crippen LogP contribution in [0.3, 0.4) is 0 Å². The zero-order valence-electron chi connectivity index (χ0n) is 12.2. The van der Waals surface area contributed by atoms with Gasteiger partial charge in [0.05, 0.1) is 17.0 Å². The van der Waals surface area contributed by atoms with Gasteiger partial charge in [0.2, 0.25) is 5.91 Å². The van der Waals surface area contributed by atoms with Gasteiger partial charge in [0.1, 0.15) is 0 Å². The first-order valence-corrected chi connectivity index (χ1v) is 9.62. The van der Waals surface area contributed by atoms with Gasteiger partial charge in [-0.2, -0.15) is 0 Å². The van der Waals surface area contributed by atoms with Crippen LogP contribution in [-0.2, 0) is 14.6 Å². The summed E-state index contributed by atoms with van der Waals surface area (Å²) in [5, 5.41) is 2.63. The predicted molar refractivity (Wildman–Crippen MR) is 96.3 cm³/mol. The number of Topliss-reactive ketones (excluding diaryl/α,β-unsaturated/α-hetero) is 1. The largest absolute Gasteiger partial charge is 0.325 e. The van der Waals surface area contributed by atoms with Gasteiger partial charge in [-0.3, -0.25) is 9.59 Å². The molecule has 0 aliphatic carbocycles. The Balaban J connectivity index is 0.000000168. The van der Waals surface area contributed by atoms with E-state index in [0.717, 1.165) is 3.57 Å². The van der Waals surface area contributed by atoms with Gasteiger partial charge in [-0.15, -0.1) is 0 Å². The van der Waals surface area contributed by atoms with E-state index in [1.54, 1.807) is 42.5 Å². The number of carbonyl (C=O) groups is 2. The van der Waals surface area contributed by atoms with Gasteiger partial charge >= 0.3 is 0 Å². The van der Waals surface area contributed by atoms with Crippen molar-refractivity contribution in [2.45, 2.75) is 11.3 Å². The van der Waals surface area contributed by atoms with Gasteiger partial charge in [-0.25, -0.2) is 8.42 Å². The minimum Gasteiger partial charge on any atom is -0.325 e. The van der Waals surface area contributed by atoms with Crippen LogP contribution < -0.4 is 5.32 Å². The third kappa shape index (κ3) is 4.61. The number of ketones is 1. The van der Waals surface area contributed by atoms with Crippen molar-refractivity contribution in [3.05, 3.63) is 57.7 Å². The minimum absolute atomic E-state index is 0.0307. The molecule has 0 spiro atoms. The highest BCUT2D eigenvalue weighted by Gasteiger charge is 2.21.